The number of piperidine rings is 1. The van der Waals surface area contributed by atoms with Gasteiger partial charge in [-0.15, -0.1) is 0 Å². The molecular weight excluding hydrogens is 258 g/mol. The van der Waals surface area contributed by atoms with Crippen molar-refractivity contribution in [2.24, 2.45) is 0 Å². The number of aromatic nitrogens is 2. The topological polar surface area (TPSA) is 69.4 Å². The van der Waals surface area contributed by atoms with Gasteiger partial charge >= 0.3 is 0 Å². The summed E-state index contributed by atoms with van der Waals surface area (Å²) in [5.74, 6) is 1.18. The second-order valence-electron chi connectivity index (χ2n) is 5.04. The number of nitrogens with one attached hydrogen (secondary N) is 1. The summed E-state index contributed by atoms with van der Waals surface area (Å²) in [6.45, 7) is 7.17. The van der Waals surface area contributed by atoms with E-state index in [2.05, 4.69) is 22.4 Å². The van der Waals surface area contributed by atoms with E-state index in [9.17, 15) is 0 Å². The highest BCUT2D eigenvalue weighted by atomic mass is 16.5. The molecule has 114 valence electrons. The molecule has 1 aromatic heterocycles. The maximum Gasteiger partial charge on any atom is 0.252 e. The minimum absolute atomic E-state index is 0.0682. The van der Waals surface area contributed by atoms with Crippen LogP contribution >= 0.6 is 0 Å². The summed E-state index contributed by atoms with van der Waals surface area (Å²) in [6, 6.07) is 0. The van der Waals surface area contributed by atoms with Gasteiger partial charge < -0.3 is 19.3 Å². The Morgan fingerprint density at radius 3 is 2.85 bits per heavy atom. The van der Waals surface area contributed by atoms with Crippen LogP contribution in [0.5, 0.6) is 0 Å². The molecule has 1 atom stereocenters. The second-order valence-corrected chi connectivity index (χ2v) is 5.04. The Hall–Kier alpha value is -0.980. The fraction of sp³-hybridized carbons (Fsp3) is 0.857. The lowest BCUT2D eigenvalue weighted by molar-refractivity contribution is 0.00858. The zero-order valence-electron chi connectivity index (χ0n) is 12.4. The average Bonchev–Trinajstić information content (AvgIpc) is 2.95. The Balaban J connectivity index is 1.83. The minimum Gasteiger partial charge on any atom is -0.370 e. The van der Waals surface area contributed by atoms with Gasteiger partial charge in [-0.3, -0.25) is 0 Å². The van der Waals surface area contributed by atoms with Crippen LogP contribution in [-0.2, 0) is 16.1 Å². The SMILES string of the molecule is CCCC(OCC)c1noc(COC2CCNCC2)n1. The molecule has 1 unspecified atom stereocenters. The molecule has 6 nitrogen and oxygen atoms in total. The van der Waals surface area contributed by atoms with Gasteiger partial charge in [-0.05, 0) is 39.3 Å². The first-order valence-electron chi connectivity index (χ1n) is 7.59. The molecule has 20 heavy (non-hydrogen) atoms. The van der Waals surface area contributed by atoms with Crippen molar-refractivity contribution in [1.82, 2.24) is 15.5 Å². The van der Waals surface area contributed by atoms with Crippen LogP contribution in [0.25, 0.3) is 0 Å². The van der Waals surface area contributed by atoms with Crippen molar-refractivity contribution in [3.8, 4) is 0 Å². The highest BCUT2D eigenvalue weighted by Crippen LogP contribution is 2.20. The van der Waals surface area contributed by atoms with E-state index in [1.54, 1.807) is 0 Å². The predicted molar refractivity (Wildman–Crippen MR) is 74.3 cm³/mol. The molecule has 2 rings (SSSR count). The van der Waals surface area contributed by atoms with Crippen LogP contribution in [0.15, 0.2) is 4.52 Å². The van der Waals surface area contributed by atoms with Crippen LogP contribution < -0.4 is 5.32 Å². The van der Waals surface area contributed by atoms with E-state index < -0.39 is 0 Å². The molecule has 0 saturated carbocycles. The third-order valence-corrected chi connectivity index (χ3v) is 3.42. The van der Waals surface area contributed by atoms with Crippen LogP contribution in [0, 0.1) is 0 Å². The number of hydrogen-bond acceptors (Lipinski definition) is 6. The first-order valence-corrected chi connectivity index (χ1v) is 7.59. The Bertz CT molecular complexity index is 371. The van der Waals surface area contributed by atoms with Crippen molar-refractivity contribution in [2.45, 2.75) is 58.3 Å². The normalized spacial score (nSPS) is 18.3. The summed E-state index contributed by atoms with van der Waals surface area (Å²) in [5, 5.41) is 7.33. The van der Waals surface area contributed by atoms with Crippen LogP contribution in [0.1, 0.15) is 57.3 Å². The van der Waals surface area contributed by atoms with E-state index in [4.69, 9.17) is 14.0 Å². The highest BCUT2D eigenvalue weighted by molar-refractivity contribution is 4.90. The minimum atomic E-state index is -0.0682. The molecule has 1 fully saturated rings. The van der Waals surface area contributed by atoms with E-state index in [1.165, 1.54) is 0 Å². The zero-order valence-corrected chi connectivity index (χ0v) is 12.4. The van der Waals surface area contributed by atoms with E-state index >= 15 is 0 Å². The van der Waals surface area contributed by atoms with Crippen molar-refractivity contribution >= 4 is 0 Å². The molecule has 6 heteroatoms. The van der Waals surface area contributed by atoms with Crippen LogP contribution in [-0.4, -0.2) is 35.9 Å². The monoisotopic (exact) mass is 283 g/mol. The highest BCUT2D eigenvalue weighted by Gasteiger charge is 2.19. The summed E-state index contributed by atoms with van der Waals surface area (Å²) in [7, 11) is 0. The van der Waals surface area contributed by atoms with Gasteiger partial charge in [0.05, 0.1) is 6.10 Å². The summed E-state index contributed by atoms with van der Waals surface area (Å²) >= 11 is 0. The van der Waals surface area contributed by atoms with Gasteiger partial charge in [-0.1, -0.05) is 18.5 Å². The fourth-order valence-corrected chi connectivity index (χ4v) is 2.36. The lowest BCUT2D eigenvalue weighted by atomic mass is 10.1. The Morgan fingerprint density at radius 1 is 1.35 bits per heavy atom. The predicted octanol–water partition coefficient (Wildman–Crippen LogP) is 2.22. The average molecular weight is 283 g/mol. The molecule has 0 aromatic carbocycles. The lowest BCUT2D eigenvalue weighted by Gasteiger charge is -2.21. The number of hydrogen-bond donors (Lipinski definition) is 1. The standard InChI is InChI=1S/C14H25N3O3/c1-3-5-12(18-4-2)14-16-13(20-17-14)10-19-11-6-8-15-9-7-11/h11-12,15H,3-10H2,1-2H3. The number of rotatable bonds is 8. The van der Waals surface area contributed by atoms with Gasteiger partial charge in [-0.2, -0.15) is 4.98 Å². The summed E-state index contributed by atoms with van der Waals surface area (Å²) in [5.41, 5.74) is 0. The maximum atomic E-state index is 5.80. The molecule has 0 bridgehead atoms. The van der Waals surface area contributed by atoms with Gasteiger partial charge in [0, 0.05) is 6.61 Å². The van der Waals surface area contributed by atoms with E-state index in [0.29, 0.717) is 31.0 Å². The van der Waals surface area contributed by atoms with Gasteiger partial charge in [0.25, 0.3) is 5.89 Å². The van der Waals surface area contributed by atoms with Gasteiger partial charge in [0.2, 0.25) is 5.82 Å². The largest absolute Gasteiger partial charge is 0.370 e. The molecule has 2 heterocycles. The summed E-state index contributed by atoms with van der Waals surface area (Å²) < 4.78 is 16.7. The van der Waals surface area contributed by atoms with E-state index in [-0.39, 0.29) is 6.10 Å². The molecule has 0 spiro atoms. The third-order valence-electron chi connectivity index (χ3n) is 3.42. The smallest absolute Gasteiger partial charge is 0.252 e. The van der Waals surface area contributed by atoms with Crippen LogP contribution in [0.3, 0.4) is 0 Å². The summed E-state index contributed by atoms with van der Waals surface area (Å²) in [6.07, 6.45) is 4.24. The maximum absolute atomic E-state index is 5.80. The lowest BCUT2D eigenvalue weighted by Crippen LogP contribution is -2.32. The Kier molecular flexibility index (Phi) is 6.42. The van der Waals surface area contributed by atoms with Crippen molar-refractivity contribution in [3.63, 3.8) is 0 Å². The Morgan fingerprint density at radius 2 is 2.15 bits per heavy atom. The molecule has 1 N–H and O–H groups in total. The molecule has 0 aliphatic carbocycles. The zero-order chi connectivity index (χ0) is 14.2. The fourth-order valence-electron chi connectivity index (χ4n) is 2.36. The molecule has 0 radical (unpaired) electrons. The molecule has 1 aliphatic heterocycles. The summed E-state index contributed by atoms with van der Waals surface area (Å²) in [4.78, 5) is 4.39. The molecule has 1 aromatic rings. The quantitative estimate of drug-likeness (QED) is 0.789. The van der Waals surface area contributed by atoms with Crippen LogP contribution in [0.2, 0.25) is 0 Å². The van der Waals surface area contributed by atoms with Gasteiger partial charge in [0.15, 0.2) is 0 Å². The second kappa shape index (κ2) is 8.34. The van der Waals surface area contributed by atoms with Crippen molar-refractivity contribution in [2.75, 3.05) is 19.7 Å². The van der Waals surface area contributed by atoms with Crippen molar-refractivity contribution in [1.29, 1.82) is 0 Å². The number of nitrogens with zero attached hydrogens (tertiary/aromatic N) is 2. The molecule has 0 amide bonds. The van der Waals surface area contributed by atoms with Gasteiger partial charge in [0.1, 0.15) is 12.7 Å². The molecule has 1 saturated heterocycles. The van der Waals surface area contributed by atoms with Crippen LogP contribution in [0.4, 0.5) is 0 Å². The Labute approximate surface area is 120 Å². The third kappa shape index (κ3) is 4.54. The van der Waals surface area contributed by atoms with E-state index in [1.807, 2.05) is 6.92 Å². The van der Waals surface area contributed by atoms with Crippen molar-refractivity contribution < 1.29 is 14.0 Å². The molecular formula is C14H25N3O3. The first kappa shape index (κ1) is 15.4. The van der Waals surface area contributed by atoms with E-state index in [0.717, 1.165) is 38.8 Å². The number of ether oxygens (including phenoxy) is 2. The van der Waals surface area contributed by atoms with Gasteiger partial charge in [-0.25, -0.2) is 0 Å². The first-order chi connectivity index (χ1) is 9.83. The molecule has 1 aliphatic rings. The van der Waals surface area contributed by atoms with Crippen molar-refractivity contribution in [3.05, 3.63) is 11.7 Å².